The molecule has 0 aliphatic carbocycles. The Balaban J connectivity index is 1.66. The fraction of sp³-hybridized carbons (Fsp3) is 0.333. The van der Waals surface area contributed by atoms with Crippen LogP contribution in [0.5, 0.6) is 0 Å². The van der Waals surface area contributed by atoms with Gasteiger partial charge in [-0.25, -0.2) is 4.79 Å². The maximum Gasteiger partial charge on any atom is 0.339 e. The Kier molecular flexibility index (Phi) is 4.88. The maximum absolute atomic E-state index is 12.7. The first-order valence-electron chi connectivity index (χ1n) is 8.59. The van der Waals surface area contributed by atoms with Gasteiger partial charge < -0.3 is 9.64 Å². The largest absolute Gasteiger partial charge is 0.449 e. The Morgan fingerprint density at radius 3 is 2.52 bits per heavy atom. The third kappa shape index (κ3) is 3.73. The SMILES string of the molecule is Cc1ccc(C(=O)O[C@@H](C)C(=O)N2CCc3ccccc3C2)c(C)c1. The van der Waals surface area contributed by atoms with E-state index in [1.54, 1.807) is 17.9 Å². The number of nitrogens with zero attached hydrogens (tertiary/aromatic N) is 1. The second-order valence-electron chi connectivity index (χ2n) is 6.64. The zero-order valence-corrected chi connectivity index (χ0v) is 14.9. The molecule has 1 aliphatic heterocycles. The molecule has 0 aromatic heterocycles. The van der Waals surface area contributed by atoms with Gasteiger partial charge in [-0.1, -0.05) is 42.0 Å². The number of benzene rings is 2. The molecule has 130 valence electrons. The summed E-state index contributed by atoms with van der Waals surface area (Å²) >= 11 is 0. The fourth-order valence-corrected chi connectivity index (χ4v) is 3.26. The molecule has 0 saturated heterocycles. The molecule has 1 atom stereocenters. The van der Waals surface area contributed by atoms with Gasteiger partial charge in [0.25, 0.3) is 5.91 Å². The van der Waals surface area contributed by atoms with Crippen LogP contribution in [0.3, 0.4) is 0 Å². The molecule has 2 aromatic rings. The number of fused-ring (bicyclic) bond motifs is 1. The normalized spacial score (nSPS) is 14.6. The van der Waals surface area contributed by atoms with Crippen molar-refractivity contribution in [2.24, 2.45) is 0 Å². The van der Waals surface area contributed by atoms with E-state index in [0.29, 0.717) is 18.7 Å². The monoisotopic (exact) mass is 337 g/mol. The third-order valence-corrected chi connectivity index (χ3v) is 4.68. The lowest BCUT2D eigenvalue weighted by Crippen LogP contribution is -2.42. The van der Waals surface area contributed by atoms with E-state index in [-0.39, 0.29) is 5.91 Å². The van der Waals surface area contributed by atoms with Gasteiger partial charge in [-0.05, 0) is 49.9 Å². The number of ether oxygens (including phenoxy) is 1. The number of carbonyl (C=O) groups is 2. The third-order valence-electron chi connectivity index (χ3n) is 4.68. The summed E-state index contributed by atoms with van der Waals surface area (Å²) in [5.41, 5.74) is 4.90. The number of carbonyl (C=O) groups excluding carboxylic acids is 2. The Morgan fingerprint density at radius 2 is 1.80 bits per heavy atom. The number of hydrogen-bond acceptors (Lipinski definition) is 3. The molecule has 25 heavy (non-hydrogen) atoms. The molecule has 1 heterocycles. The molecule has 0 unspecified atom stereocenters. The molecule has 0 N–H and O–H groups in total. The lowest BCUT2D eigenvalue weighted by atomic mass is 9.99. The summed E-state index contributed by atoms with van der Waals surface area (Å²) in [6.07, 6.45) is 0.0399. The van der Waals surface area contributed by atoms with Gasteiger partial charge >= 0.3 is 5.97 Å². The van der Waals surface area contributed by atoms with Crippen LogP contribution in [-0.2, 0) is 22.5 Å². The maximum atomic E-state index is 12.7. The molecule has 1 amide bonds. The van der Waals surface area contributed by atoms with E-state index in [9.17, 15) is 9.59 Å². The molecule has 2 aromatic carbocycles. The lowest BCUT2D eigenvalue weighted by molar-refractivity contribution is -0.140. The molecule has 3 rings (SSSR count). The quantitative estimate of drug-likeness (QED) is 0.806. The zero-order valence-electron chi connectivity index (χ0n) is 14.9. The van der Waals surface area contributed by atoms with E-state index in [1.165, 1.54) is 5.56 Å². The summed E-state index contributed by atoms with van der Waals surface area (Å²) in [6.45, 7) is 6.71. The first-order chi connectivity index (χ1) is 12.0. The van der Waals surface area contributed by atoms with Gasteiger partial charge in [0, 0.05) is 13.1 Å². The van der Waals surface area contributed by atoms with Crippen LogP contribution in [0.4, 0.5) is 0 Å². The van der Waals surface area contributed by atoms with E-state index in [2.05, 4.69) is 6.07 Å². The predicted molar refractivity (Wildman–Crippen MR) is 96.4 cm³/mol. The van der Waals surface area contributed by atoms with Gasteiger partial charge in [0.05, 0.1) is 5.56 Å². The van der Waals surface area contributed by atoms with Crippen LogP contribution in [0, 0.1) is 13.8 Å². The highest BCUT2D eigenvalue weighted by Gasteiger charge is 2.27. The summed E-state index contributed by atoms with van der Waals surface area (Å²) in [7, 11) is 0. The highest BCUT2D eigenvalue weighted by molar-refractivity contribution is 5.93. The van der Waals surface area contributed by atoms with E-state index < -0.39 is 12.1 Å². The van der Waals surface area contributed by atoms with Crippen LogP contribution in [0.15, 0.2) is 42.5 Å². The number of esters is 1. The Hall–Kier alpha value is -2.62. The van der Waals surface area contributed by atoms with E-state index in [0.717, 1.165) is 23.1 Å². The molecule has 4 nitrogen and oxygen atoms in total. The zero-order chi connectivity index (χ0) is 18.0. The summed E-state index contributed by atoms with van der Waals surface area (Å²) in [5, 5.41) is 0. The summed E-state index contributed by atoms with van der Waals surface area (Å²) < 4.78 is 5.43. The van der Waals surface area contributed by atoms with E-state index in [1.807, 2.05) is 44.2 Å². The van der Waals surface area contributed by atoms with Crippen molar-refractivity contribution in [2.75, 3.05) is 6.54 Å². The van der Waals surface area contributed by atoms with Gasteiger partial charge in [0.15, 0.2) is 6.10 Å². The van der Waals surface area contributed by atoms with Gasteiger partial charge in [-0.15, -0.1) is 0 Å². The molecule has 0 fully saturated rings. The molecular weight excluding hydrogens is 314 g/mol. The molecule has 4 heteroatoms. The van der Waals surface area contributed by atoms with E-state index >= 15 is 0 Å². The van der Waals surface area contributed by atoms with Crippen molar-refractivity contribution >= 4 is 11.9 Å². The number of aryl methyl sites for hydroxylation is 2. The van der Waals surface area contributed by atoms with Crippen molar-refractivity contribution in [3.8, 4) is 0 Å². The van der Waals surface area contributed by atoms with Gasteiger partial charge in [0.2, 0.25) is 0 Å². The molecule has 1 aliphatic rings. The van der Waals surface area contributed by atoms with Crippen molar-refractivity contribution in [3.05, 3.63) is 70.3 Å². The highest BCUT2D eigenvalue weighted by atomic mass is 16.5. The minimum absolute atomic E-state index is 0.146. The predicted octanol–water partition coefficient (Wildman–Crippen LogP) is 3.43. The molecular formula is C21H23NO3. The van der Waals surface area contributed by atoms with Crippen LogP contribution in [0.1, 0.15) is 39.5 Å². The van der Waals surface area contributed by atoms with Crippen molar-refractivity contribution in [2.45, 2.75) is 39.8 Å². The average Bonchev–Trinajstić information content (AvgIpc) is 2.60. The Labute approximate surface area is 148 Å². The van der Waals surface area contributed by atoms with Crippen LogP contribution >= 0.6 is 0 Å². The minimum atomic E-state index is -0.793. The number of hydrogen-bond donors (Lipinski definition) is 0. The van der Waals surface area contributed by atoms with Crippen LogP contribution < -0.4 is 0 Å². The number of rotatable bonds is 3. The van der Waals surface area contributed by atoms with Gasteiger partial charge in [-0.2, -0.15) is 0 Å². The Bertz CT molecular complexity index is 813. The van der Waals surface area contributed by atoms with Crippen molar-refractivity contribution in [1.82, 2.24) is 4.90 Å². The second-order valence-corrected chi connectivity index (χ2v) is 6.64. The minimum Gasteiger partial charge on any atom is -0.449 e. The van der Waals surface area contributed by atoms with Crippen LogP contribution in [0.25, 0.3) is 0 Å². The summed E-state index contributed by atoms with van der Waals surface area (Å²) in [6, 6.07) is 13.7. The standard InChI is InChI=1S/C21H23NO3/c1-14-8-9-19(15(2)12-14)21(24)25-16(3)20(23)22-11-10-17-6-4-5-7-18(17)13-22/h4-9,12,16H,10-11,13H2,1-3H3/t16-/m0/s1. The lowest BCUT2D eigenvalue weighted by Gasteiger charge is -2.30. The fourth-order valence-electron chi connectivity index (χ4n) is 3.26. The van der Waals surface area contributed by atoms with Gasteiger partial charge in [-0.3, -0.25) is 4.79 Å². The Morgan fingerprint density at radius 1 is 1.08 bits per heavy atom. The smallest absolute Gasteiger partial charge is 0.339 e. The second kappa shape index (κ2) is 7.09. The highest BCUT2D eigenvalue weighted by Crippen LogP contribution is 2.20. The topological polar surface area (TPSA) is 46.6 Å². The molecule has 0 spiro atoms. The summed E-state index contributed by atoms with van der Waals surface area (Å²) in [5.74, 6) is -0.594. The number of amides is 1. The van der Waals surface area contributed by atoms with Crippen LogP contribution in [-0.4, -0.2) is 29.4 Å². The first kappa shape index (κ1) is 17.2. The average molecular weight is 337 g/mol. The first-order valence-corrected chi connectivity index (χ1v) is 8.59. The molecule has 0 saturated carbocycles. The summed E-state index contributed by atoms with van der Waals surface area (Å²) in [4.78, 5) is 26.8. The van der Waals surface area contributed by atoms with Crippen molar-refractivity contribution in [1.29, 1.82) is 0 Å². The van der Waals surface area contributed by atoms with Gasteiger partial charge in [0.1, 0.15) is 0 Å². The molecule has 0 bridgehead atoms. The van der Waals surface area contributed by atoms with Crippen LogP contribution in [0.2, 0.25) is 0 Å². The van der Waals surface area contributed by atoms with Crippen molar-refractivity contribution < 1.29 is 14.3 Å². The van der Waals surface area contributed by atoms with E-state index in [4.69, 9.17) is 4.74 Å². The molecule has 0 radical (unpaired) electrons. The van der Waals surface area contributed by atoms with Crippen molar-refractivity contribution in [3.63, 3.8) is 0 Å².